The molecule has 1 amide bonds. The predicted octanol–water partition coefficient (Wildman–Crippen LogP) is 3.61. The molecule has 0 unspecified atom stereocenters. The summed E-state index contributed by atoms with van der Waals surface area (Å²) in [4.78, 5) is 14.7. The highest BCUT2D eigenvalue weighted by Crippen LogP contribution is 2.29. The van der Waals surface area contributed by atoms with E-state index in [1.54, 1.807) is 4.90 Å². The van der Waals surface area contributed by atoms with Crippen molar-refractivity contribution in [1.82, 2.24) is 4.90 Å². The molecule has 0 saturated carbocycles. The number of ether oxygens (including phenoxy) is 1. The maximum absolute atomic E-state index is 13.0. The second-order valence-corrected chi connectivity index (χ2v) is 6.53. The van der Waals surface area contributed by atoms with Gasteiger partial charge in [0.1, 0.15) is 17.9 Å². The number of aliphatic hydroxyl groups excluding tert-OH is 1. The van der Waals surface area contributed by atoms with Crippen molar-refractivity contribution >= 4 is 16.9 Å². The molecule has 4 rings (SSSR count). The molecule has 0 radical (unpaired) electrons. The smallest absolute Gasteiger partial charge is 0.290 e. The number of carbonyl (C=O) groups excluding carboxylic acids is 1. The molecule has 1 fully saturated rings. The van der Waals surface area contributed by atoms with Crippen LogP contribution < -0.4 is 4.74 Å². The summed E-state index contributed by atoms with van der Waals surface area (Å²) in [7, 11) is 0. The molecular formula is C21H21NO4. The van der Waals surface area contributed by atoms with Gasteiger partial charge in [0.25, 0.3) is 5.91 Å². The number of nitrogens with zero attached hydrogens (tertiary/aromatic N) is 1. The molecule has 0 atom stereocenters. The molecule has 1 aliphatic heterocycles. The van der Waals surface area contributed by atoms with E-state index in [0.29, 0.717) is 37.3 Å². The van der Waals surface area contributed by atoms with Crippen LogP contribution in [0.4, 0.5) is 0 Å². The van der Waals surface area contributed by atoms with Gasteiger partial charge < -0.3 is 19.2 Å². The van der Waals surface area contributed by atoms with Crippen LogP contribution in [0.3, 0.4) is 0 Å². The monoisotopic (exact) mass is 351 g/mol. The summed E-state index contributed by atoms with van der Waals surface area (Å²) in [6.07, 6.45) is 0.875. The molecule has 3 aromatic rings. The average Bonchev–Trinajstić information content (AvgIpc) is 3.06. The standard InChI is InChI=1S/C21H21NO4/c23-15-10-12-22(13-11-15)21(24)20-18(14-25-16-6-2-1-3-7-16)17-8-4-5-9-19(17)26-20/h1-9,15,23H,10-14H2. The fraction of sp³-hybridized carbons (Fsp3) is 0.286. The lowest BCUT2D eigenvalue weighted by Gasteiger charge is -2.29. The SMILES string of the molecule is O=C(c1oc2ccccc2c1COc1ccccc1)N1CCC(O)CC1. The zero-order valence-electron chi connectivity index (χ0n) is 14.4. The fourth-order valence-corrected chi connectivity index (χ4v) is 3.30. The molecule has 0 spiro atoms. The number of aliphatic hydroxyl groups is 1. The van der Waals surface area contributed by atoms with Gasteiger partial charge in [0, 0.05) is 24.0 Å². The maximum atomic E-state index is 13.0. The average molecular weight is 351 g/mol. The van der Waals surface area contributed by atoms with Crippen LogP contribution in [-0.4, -0.2) is 35.1 Å². The Labute approximate surface area is 151 Å². The van der Waals surface area contributed by atoms with Crippen LogP contribution >= 0.6 is 0 Å². The summed E-state index contributed by atoms with van der Waals surface area (Å²) in [5.74, 6) is 0.940. The van der Waals surface area contributed by atoms with Crippen LogP contribution in [0.5, 0.6) is 5.75 Å². The van der Waals surface area contributed by atoms with Crippen LogP contribution in [0, 0.1) is 0 Å². The van der Waals surface area contributed by atoms with E-state index < -0.39 is 0 Å². The second-order valence-electron chi connectivity index (χ2n) is 6.53. The third kappa shape index (κ3) is 3.30. The summed E-state index contributed by atoms with van der Waals surface area (Å²) in [5.41, 5.74) is 1.44. The number of fused-ring (bicyclic) bond motifs is 1. The Bertz CT molecular complexity index is 895. The number of hydrogen-bond donors (Lipinski definition) is 1. The number of likely N-dealkylation sites (tertiary alicyclic amines) is 1. The van der Waals surface area contributed by atoms with E-state index in [2.05, 4.69) is 0 Å². The van der Waals surface area contributed by atoms with E-state index >= 15 is 0 Å². The first kappa shape index (κ1) is 16.7. The minimum absolute atomic E-state index is 0.139. The van der Waals surface area contributed by atoms with Gasteiger partial charge >= 0.3 is 0 Å². The molecule has 1 aliphatic rings. The molecule has 2 heterocycles. The molecule has 1 aromatic heterocycles. The van der Waals surface area contributed by atoms with Crippen molar-refractivity contribution in [2.24, 2.45) is 0 Å². The Morgan fingerprint density at radius 1 is 1.08 bits per heavy atom. The largest absolute Gasteiger partial charge is 0.489 e. The lowest BCUT2D eigenvalue weighted by molar-refractivity contribution is 0.0519. The quantitative estimate of drug-likeness (QED) is 0.780. The number of carbonyl (C=O) groups is 1. The summed E-state index contributed by atoms with van der Waals surface area (Å²) < 4.78 is 11.8. The van der Waals surface area contributed by atoms with E-state index in [4.69, 9.17) is 9.15 Å². The minimum atomic E-state index is -0.324. The first-order chi connectivity index (χ1) is 12.7. The van der Waals surface area contributed by atoms with Crippen molar-refractivity contribution in [3.8, 4) is 5.75 Å². The lowest BCUT2D eigenvalue weighted by Crippen LogP contribution is -2.40. The normalized spacial score (nSPS) is 15.3. The van der Waals surface area contributed by atoms with Gasteiger partial charge in [0.15, 0.2) is 5.76 Å². The van der Waals surface area contributed by atoms with Crippen molar-refractivity contribution < 1.29 is 19.1 Å². The molecular weight excluding hydrogens is 330 g/mol. The first-order valence-electron chi connectivity index (χ1n) is 8.88. The van der Waals surface area contributed by atoms with Crippen LogP contribution in [-0.2, 0) is 6.61 Å². The molecule has 0 bridgehead atoms. The Kier molecular flexibility index (Phi) is 4.63. The van der Waals surface area contributed by atoms with E-state index in [-0.39, 0.29) is 18.6 Å². The van der Waals surface area contributed by atoms with Gasteiger partial charge in [-0.3, -0.25) is 4.79 Å². The number of benzene rings is 2. The topological polar surface area (TPSA) is 62.9 Å². The second kappa shape index (κ2) is 7.22. The zero-order valence-corrected chi connectivity index (χ0v) is 14.4. The Morgan fingerprint density at radius 3 is 2.54 bits per heavy atom. The first-order valence-corrected chi connectivity index (χ1v) is 8.88. The number of piperidine rings is 1. The van der Waals surface area contributed by atoms with Crippen molar-refractivity contribution in [2.45, 2.75) is 25.6 Å². The van der Waals surface area contributed by atoms with Crippen LogP contribution in [0.25, 0.3) is 11.0 Å². The number of furan rings is 1. The Morgan fingerprint density at radius 2 is 1.77 bits per heavy atom. The Balaban J connectivity index is 1.64. The van der Waals surface area contributed by atoms with Gasteiger partial charge in [-0.1, -0.05) is 36.4 Å². The predicted molar refractivity (Wildman–Crippen MR) is 98.1 cm³/mol. The van der Waals surface area contributed by atoms with Crippen molar-refractivity contribution in [3.05, 3.63) is 65.9 Å². The molecule has 5 nitrogen and oxygen atoms in total. The Hall–Kier alpha value is -2.79. The van der Waals surface area contributed by atoms with Crippen LogP contribution in [0.1, 0.15) is 29.0 Å². The summed E-state index contributed by atoms with van der Waals surface area (Å²) in [6.45, 7) is 1.34. The van der Waals surface area contributed by atoms with Gasteiger partial charge in [0.2, 0.25) is 0 Å². The van der Waals surface area contributed by atoms with Gasteiger partial charge in [-0.15, -0.1) is 0 Å². The molecule has 2 aromatic carbocycles. The molecule has 1 saturated heterocycles. The number of rotatable bonds is 4. The van der Waals surface area contributed by atoms with E-state index in [1.807, 2.05) is 54.6 Å². The van der Waals surface area contributed by atoms with E-state index in [1.165, 1.54) is 0 Å². The summed E-state index contributed by atoms with van der Waals surface area (Å²) in [5, 5.41) is 10.6. The molecule has 1 N–H and O–H groups in total. The van der Waals surface area contributed by atoms with Gasteiger partial charge in [-0.25, -0.2) is 0 Å². The van der Waals surface area contributed by atoms with Crippen molar-refractivity contribution in [1.29, 1.82) is 0 Å². The summed E-state index contributed by atoms with van der Waals surface area (Å²) >= 11 is 0. The molecule has 134 valence electrons. The highest BCUT2D eigenvalue weighted by atomic mass is 16.5. The molecule has 26 heavy (non-hydrogen) atoms. The van der Waals surface area contributed by atoms with Gasteiger partial charge in [-0.05, 0) is 31.0 Å². The lowest BCUT2D eigenvalue weighted by atomic mass is 10.1. The highest BCUT2D eigenvalue weighted by molar-refractivity contribution is 5.99. The fourth-order valence-electron chi connectivity index (χ4n) is 3.30. The van der Waals surface area contributed by atoms with E-state index in [0.717, 1.165) is 16.7 Å². The number of hydrogen-bond acceptors (Lipinski definition) is 4. The van der Waals surface area contributed by atoms with Gasteiger partial charge in [-0.2, -0.15) is 0 Å². The third-order valence-electron chi connectivity index (χ3n) is 4.77. The third-order valence-corrected chi connectivity index (χ3v) is 4.77. The van der Waals surface area contributed by atoms with Crippen molar-refractivity contribution in [2.75, 3.05) is 13.1 Å². The summed E-state index contributed by atoms with van der Waals surface area (Å²) in [6, 6.07) is 17.1. The van der Waals surface area contributed by atoms with Crippen molar-refractivity contribution in [3.63, 3.8) is 0 Å². The number of para-hydroxylation sites is 2. The van der Waals surface area contributed by atoms with Crippen LogP contribution in [0.2, 0.25) is 0 Å². The molecule has 0 aliphatic carbocycles. The number of amides is 1. The zero-order chi connectivity index (χ0) is 17.9. The van der Waals surface area contributed by atoms with E-state index in [9.17, 15) is 9.90 Å². The maximum Gasteiger partial charge on any atom is 0.290 e. The minimum Gasteiger partial charge on any atom is -0.489 e. The van der Waals surface area contributed by atoms with Gasteiger partial charge in [0.05, 0.1) is 6.10 Å². The highest BCUT2D eigenvalue weighted by Gasteiger charge is 2.28. The van der Waals surface area contributed by atoms with Crippen LogP contribution in [0.15, 0.2) is 59.0 Å². The molecule has 5 heteroatoms.